The third-order valence-electron chi connectivity index (χ3n) is 3.89. The van der Waals surface area contributed by atoms with Crippen LogP contribution >= 0.6 is 24.0 Å². The van der Waals surface area contributed by atoms with E-state index in [4.69, 9.17) is 21.7 Å². The number of carboxylic acids is 1. The smallest absolute Gasteiger partial charge is 0.266 e. The van der Waals surface area contributed by atoms with Crippen molar-refractivity contribution in [2.24, 2.45) is 5.92 Å². The maximum atomic E-state index is 12.8. The first-order valence-electron chi connectivity index (χ1n) is 8.57. The molecule has 1 aromatic carbocycles. The lowest BCUT2D eigenvalue weighted by atomic mass is 10.0. The molecule has 1 saturated heterocycles. The van der Waals surface area contributed by atoms with Crippen molar-refractivity contribution >= 4 is 46.3 Å². The first-order valence-corrected chi connectivity index (χ1v) is 9.79. The highest BCUT2D eigenvalue weighted by atomic mass is 32.2. The fourth-order valence-corrected chi connectivity index (χ4v) is 4.06. The molecule has 0 N–H and O–H groups in total. The zero-order chi connectivity index (χ0) is 20.1. The van der Waals surface area contributed by atoms with Crippen molar-refractivity contribution in [3.63, 3.8) is 0 Å². The lowest BCUT2D eigenvalue weighted by molar-refractivity contribution is -0.310. The quantitative estimate of drug-likeness (QED) is 0.483. The Bertz CT molecular complexity index is 775. The number of carboxylic acid groups (broad SMARTS) is 1. The Morgan fingerprint density at radius 2 is 2.07 bits per heavy atom. The molecule has 2 rings (SSSR count). The molecule has 27 heavy (non-hydrogen) atoms. The van der Waals surface area contributed by atoms with Gasteiger partial charge in [-0.3, -0.25) is 9.69 Å². The molecule has 1 aliphatic heterocycles. The SMILES string of the molecule is CCOc1ccc(/C=C2\SC(=S)N([C@H](CC(C)C)C(=O)[O-])C2=O)cc1OC. The summed E-state index contributed by atoms with van der Waals surface area (Å²) in [6.07, 6.45) is 1.94. The van der Waals surface area contributed by atoms with Crippen LogP contribution in [0.2, 0.25) is 0 Å². The second-order valence-corrected chi connectivity index (χ2v) is 8.04. The standard InChI is InChI=1S/C19H23NO5S2/c1-5-25-14-7-6-12(9-15(14)24-4)10-16-17(21)20(19(26)27-16)13(18(22)23)8-11(2)3/h6-7,9-11,13H,5,8H2,1-4H3,(H,22,23)/p-1/b16-10-/t13-/m1/s1. The first kappa shape index (κ1) is 21.2. The van der Waals surface area contributed by atoms with Gasteiger partial charge in [-0.2, -0.15) is 0 Å². The molecular weight excluding hydrogens is 386 g/mol. The van der Waals surface area contributed by atoms with Crippen LogP contribution in [0.5, 0.6) is 11.5 Å². The third kappa shape index (κ3) is 5.01. The predicted molar refractivity (Wildman–Crippen MR) is 107 cm³/mol. The minimum atomic E-state index is -1.30. The van der Waals surface area contributed by atoms with Crippen molar-refractivity contribution < 1.29 is 24.2 Å². The number of rotatable bonds is 8. The maximum Gasteiger partial charge on any atom is 0.266 e. The van der Waals surface area contributed by atoms with E-state index in [2.05, 4.69) is 0 Å². The van der Waals surface area contributed by atoms with Crippen LogP contribution in [0.3, 0.4) is 0 Å². The summed E-state index contributed by atoms with van der Waals surface area (Å²) in [6, 6.07) is 4.24. The van der Waals surface area contributed by atoms with E-state index < -0.39 is 17.9 Å². The zero-order valence-electron chi connectivity index (χ0n) is 15.7. The van der Waals surface area contributed by atoms with Crippen molar-refractivity contribution in [3.8, 4) is 11.5 Å². The molecule has 1 atom stereocenters. The normalized spacial score (nSPS) is 16.9. The van der Waals surface area contributed by atoms with Crippen molar-refractivity contribution in [2.75, 3.05) is 13.7 Å². The number of aliphatic carboxylic acids is 1. The number of carbonyl (C=O) groups excluding carboxylic acids is 2. The molecule has 146 valence electrons. The van der Waals surface area contributed by atoms with Gasteiger partial charge in [0.15, 0.2) is 11.5 Å². The second-order valence-electron chi connectivity index (χ2n) is 6.36. The van der Waals surface area contributed by atoms with Gasteiger partial charge < -0.3 is 19.4 Å². The van der Waals surface area contributed by atoms with Crippen LogP contribution in [0, 0.1) is 5.92 Å². The molecule has 0 saturated carbocycles. The van der Waals surface area contributed by atoms with Gasteiger partial charge in [-0.05, 0) is 43.0 Å². The lowest BCUT2D eigenvalue weighted by Gasteiger charge is -2.28. The fourth-order valence-electron chi connectivity index (χ4n) is 2.70. The largest absolute Gasteiger partial charge is 0.548 e. The number of hydrogen-bond donors (Lipinski definition) is 0. The number of nitrogens with zero attached hydrogens (tertiary/aromatic N) is 1. The third-order valence-corrected chi connectivity index (χ3v) is 5.22. The van der Waals surface area contributed by atoms with Crippen molar-refractivity contribution in [1.82, 2.24) is 4.90 Å². The van der Waals surface area contributed by atoms with Gasteiger partial charge in [0, 0.05) is 0 Å². The molecule has 1 heterocycles. The van der Waals surface area contributed by atoms with E-state index in [-0.39, 0.29) is 16.7 Å². The molecular formula is C19H22NO5S2-. The average Bonchev–Trinajstić information content (AvgIpc) is 2.87. The van der Waals surface area contributed by atoms with E-state index in [1.54, 1.807) is 24.3 Å². The topological polar surface area (TPSA) is 78.9 Å². The number of amides is 1. The summed E-state index contributed by atoms with van der Waals surface area (Å²) in [7, 11) is 1.54. The number of hydrogen-bond acceptors (Lipinski definition) is 7. The van der Waals surface area contributed by atoms with Crippen molar-refractivity contribution in [3.05, 3.63) is 28.7 Å². The molecule has 1 fully saturated rings. The minimum Gasteiger partial charge on any atom is -0.548 e. The molecule has 1 aliphatic rings. The van der Waals surface area contributed by atoms with Gasteiger partial charge in [-0.15, -0.1) is 0 Å². The van der Waals surface area contributed by atoms with Crippen LogP contribution in [-0.4, -0.2) is 40.9 Å². The van der Waals surface area contributed by atoms with Gasteiger partial charge in [0.1, 0.15) is 4.32 Å². The molecule has 6 nitrogen and oxygen atoms in total. The molecule has 0 bridgehead atoms. The number of ether oxygens (including phenoxy) is 2. The summed E-state index contributed by atoms with van der Waals surface area (Å²) in [5, 5.41) is 11.5. The monoisotopic (exact) mass is 408 g/mol. The molecule has 1 aromatic rings. The molecule has 8 heteroatoms. The van der Waals surface area contributed by atoms with E-state index >= 15 is 0 Å². The van der Waals surface area contributed by atoms with Gasteiger partial charge in [0.2, 0.25) is 0 Å². The molecule has 0 unspecified atom stereocenters. The van der Waals surface area contributed by atoms with Gasteiger partial charge in [-0.1, -0.05) is 43.9 Å². The van der Waals surface area contributed by atoms with Crippen molar-refractivity contribution in [1.29, 1.82) is 0 Å². The van der Waals surface area contributed by atoms with Crippen LogP contribution in [-0.2, 0) is 9.59 Å². The zero-order valence-corrected chi connectivity index (χ0v) is 17.3. The number of methoxy groups -OCH3 is 1. The second kappa shape index (κ2) is 9.23. The van der Waals surface area contributed by atoms with E-state index in [9.17, 15) is 14.7 Å². The van der Waals surface area contributed by atoms with Crippen LogP contribution in [0.25, 0.3) is 6.08 Å². The Balaban J connectivity index is 2.31. The van der Waals surface area contributed by atoms with Crippen molar-refractivity contribution in [2.45, 2.75) is 33.2 Å². The lowest BCUT2D eigenvalue weighted by Crippen LogP contribution is -2.50. The maximum absolute atomic E-state index is 12.8. The predicted octanol–water partition coefficient (Wildman–Crippen LogP) is 2.46. The van der Waals surface area contributed by atoms with E-state index in [1.165, 1.54) is 7.11 Å². The van der Waals surface area contributed by atoms with Gasteiger partial charge in [-0.25, -0.2) is 0 Å². The van der Waals surface area contributed by atoms with Gasteiger partial charge in [0.25, 0.3) is 5.91 Å². The Hall–Kier alpha value is -2.06. The number of thiocarbonyl (C=S) groups is 1. The van der Waals surface area contributed by atoms with Gasteiger partial charge in [0.05, 0.1) is 30.6 Å². The fraction of sp³-hybridized carbons (Fsp3) is 0.421. The molecule has 0 aromatic heterocycles. The summed E-state index contributed by atoms with van der Waals surface area (Å²) in [6.45, 7) is 6.16. The highest BCUT2D eigenvalue weighted by Gasteiger charge is 2.38. The average molecular weight is 409 g/mol. The van der Waals surface area contributed by atoms with E-state index in [1.807, 2.05) is 20.8 Å². The molecule has 0 aliphatic carbocycles. The highest BCUT2D eigenvalue weighted by Crippen LogP contribution is 2.36. The molecule has 0 radical (unpaired) electrons. The van der Waals surface area contributed by atoms with E-state index in [0.717, 1.165) is 22.2 Å². The number of carbonyl (C=O) groups is 2. The Morgan fingerprint density at radius 3 is 2.63 bits per heavy atom. The van der Waals surface area contributed by atoms with Crippen LogP contribution < -0.4 is 14.6 Å². The summed E-state index contributed by atoms with van der Waals surface area (Å²) < 4.78 is 11.0. The number of benzene rings is 1. The Labute approximate surface area is 168 Å². The van der Waals surface area contributed by atoms with Crippen LogP contribution in [0.4, 0.5) is 0 Å². The summed E-state index contributed by atoms with van der Waals surface area (Å²) >= 11 is 6.34. The number of thioether (sulfide) groups is 1. The van der Waals surface area contributed by atoms with E-state index in [0.29, 0.717) is 23.0 Å². The summed E-state index contributed by atoms with van der Waals surface area (Å²) in [5.41, 5.74) is 0.727. The summed E-state index contributed by atoms with van der Waals surface area (Å²) in [5.74, 6) is -0.485. The summed E-state index contributed by atoms with van der Waals surface area (Å²) in [4.78, 5) is 25.8. The minimum absolute atomic E-state index is 0.0805. The van der Waals surface area contributed by atoms with Gasteiger partial charge >= 0.3 is 0 Å². The van der Waals surface area contributed by atoms with Crippen LogP contribution in [0.1, 0.15) is 32.8 Å². The molecule has 1 amide bonds. The highest BCUT2D eigenvalue weighted by molar-refractivity contribution is 8.26. The first-order chi connectivity index (χ1) is 12.8. The molecule has 0 spiro atoms. The van der Waals surface area contributed by atoms with Crippen LogP contribution in [0.15, 0.2) is 23.1 Å². The Morgan fingerprint density at radius 1 is 1.37 bits per heavy atom. The Kier molecular flexibility index (Phi) is 7.26.